The van der Waals surface area contributed by atoms with Crippen LogP contribution >= 0.6 is 0 Å². The maximum atomic E-state index is 11.0. The molecule has 2 N–H and O–H groups in total. The molecule has 1 aromatic carbocycles. The molecule has 8 nitrogen and oxygen atoms in total. The first-order chi connectivity index (χ1) is 11.3. The fourth-order valence-corrected chi connectivity index (χ4v) is 3.62. The van der Waals surface area contributed by atoms with E-state index in [-0.39, 0.29) is 10.6 Å². The van der Waals surface area contributed by atoms with Crippen LogP contribution in [0.4, 0.5) is 5.69 Å². The largest absolute Gasteiger partial charge is 0.342 e. The van der Waals surface area contributed by atoms with Crippen LogP contribution in [0.3, 0.4) is 0 Å². The molecule has 4 rings (SSSR count). The summed E-state index contributed by atoms with van der Waals surface area (Å²) in [4.78, 5) is 10.6. The highest BCUT2D eigenvalue weighted by atomic mass is 32.2. The number of aryl methyl sites for hydroxylation is 1. The van der Waals surface area contributed by atoms with Crippen molar-refractivity contribution in [2.45, 2.75) is 31.8 Å². The van der Waals surface area contributed by atoms with Crippen molar-refractivity contribution in [3.8, 4) is 0 Å². The lowest BCUT2D eigenvalue weighted by Gasteiger charge is -2.31. The Morgan fingerprint density at radius 2 is 2.12 bits per heavy atom. The van der Waals surface area contributed by atoms with Gasteiger partial charge in [-0.05, 0) is 30.9 Å². The molecule has 1 aliphatic heterocycles. The first kappa shape index (κ1) is 16.9. The number of non-ortho nitro benzene ring substituents is 1. The van der Waals surface area contributed by atoms with E-state index in [0.29, 0.717) is 12.3 Å². The normalized spacial score (nSPS) is 19.3. The van der Waals surface area contributed by atoms with Gasteiger partial charge in [0.05, 0.1) is 11.2 Å². The van der Waals surface area contributed by atoms with Gasteiger partial charge in [0, 0.05) is 47.9 Å². The summed E-state index contributed by atoms with van der Waals surface area (Å²) < 4.78 is 28.2. The van der Waals surface area contributed by atoms with Gasteiger partial charge in [-0.1, -0.05) is 0 Å². The molecule has 1 aliphatic carbocycles. The zero-order valence-electron chi connectivity index (χ0n) is 13.2. The molecule has 0 spiro atoms. The van der Waals surface area contributed by atoms with Crippen LogP contribution in [0.15, 0.2) is 18.2 Å². The van der Waals surface area contributed by atoms with Crippen LogP contribution < -0.4 is 5.32 Å². The molecule has 2 aliphatic rings. The van der Waals surface area contributed by atoms with Crippen LogP contribution in [-0.4, -0.2) is 35.3 Å². The van der Waals surface area contributed by atoms with Crippen molar-refractivity contribution in [3.05, 3.63) is 39.6 Å². The minimum Gasteiger partial charge on any atom is -0.342 e. The molecule has 130 valence electrons. The summed E-state index contributed by atoms with van der Waals surface area (Å²) in [7, 11) is -3.67. The first-order valence-electron chi connectivity index (χ1n) is 7.71. The number of aromatic nitrogens is 1. The minimum absolute atomic E-state index is 0.196. The molecule has 0 amide bonds. The highest BCUT2D eigenvalue weighted by Gasteiger charge is 2.30. The second-order valence-corrected chi connectivity index (χ2v) is 7.57. The van der Waals surface area contributed by atoms with E-state index in [9.17, 15) is 18.5 Å². The molecule has 1 atom stereocenters. The lowest BCUT2D eigenvalue weighted by Crippen LogP contribution is -2.35. The fraction of sp³-hybridized carbons (Fsp3) is 0.467. The third-order valence-corrected chi connectivity index (χ3v) is 4.38. The predicted molar refractivity (Wildman–Crippen MR) is 89.7 cm³/mol. The quantitative estimate of drug-likeness (QED) is 0.460. The lowest BCUT2D eigenvalue weighted by molar-refractivity contribution is -0.384. The second kappa shape index (κ2) is 6.15. The van der Waals surface area contributed by atoms with E-state index >= 15 is 0 Å². The Hall–Kier alpha value is -1.97. The number of fused-ring (bicyclic) bond motifs is 3. The van der Waals surface area contributed by atoms with E-state index in [0.717, 1.165) is 36.8 Å². The van der Waals surface area contributed by atoms with Gasteiger partial charge in [0.1, 0.15) is 0 Å². The Labute approximate surface area is 139 Å². The van der Waals surface area contributed by atoms with Crippen LogP contribution in [0, 0.1) is 10.1 Å². The van der Waals surface area contributed by atoms with Crippen LogP contribution in [-0.2, 0) is 23.1 Å². The molecular formula is C15H19N3O5S. The second-order valence-electron chi connectivity index (χ2n) is 6.11. The molecule has 9 heteroatoms. The van der Waals surface area contributed by atoms with Crippen molar-refractivity contribution in [2.75, 3.05) is 12.8 Å². The maximum Gasteiger partial charge on any atom is 0.270 e. The third kappa shape index (κ3) is 3.28. The van der Waals surface area contributed by atoms with Crippen LogP contribution in [0.5, 0.6) is 0 Å². The summed E-state index contributed by atoms with van der Waals surface area (Å²) in [5.41, 5.74) is 4.04. The van der Waals surface area contributed by atoms with Crippen molar-refractivity contribution in [3.63, 3.8) is 0 Å². The molecule has 0 radical (unpaired) electrons. The fourth-order valence-electron chi connectivity index (χ4n) is 3.62. The smallest absolute Gasteiger partial charge is 0.270 e. The van der Waals surface area contributed by atoms with E-state index in [1.54, 1.807) is 12.1 Å². The summed E-state index contributed by atoms with van der Waals surface area (Å²) in [6, 6.07) is 5.71. The summed E-state index contributed by atoms with van der Waals surface area (Å²) >= 11 is 0. The topological polar surface area (TPSA) is 114 Å². The Bertz CT molecular complexity index is 893. The van der Waals surface area contributed by atoms with Gasteiger partial charge in [0.25, 0.3) is 15.8 Å². The van der Waals surface area contributed by atoms with Gasteiger partial charge in [-0.2, -0.15) is 8.42 Å². The Morgan fingerprint density at radius 3 is 2.79 bits per heavy atom. The summed E-state index contributed by atoms with van der Waals surface area (Å²) in [5, 5.41) is 15.6. The average molecular weight is 353 g/mol. The molecule has 0 fully saturated rings. The van der Waals surface area contributed by atoms with Gasteiger partial charge in [0.15, 0.2) is 0 Å². The Morgan fingerprint density at radius 1 is 1.42 bits per heavy atom. The number of benzene rings is 1. The third-order valence-electron chi connectivity index (χ3n) is 4.38. The summed E-state index contributed by atoms with van der Waals surface area (Å²) in [6.07, 6.45) is 4.09. The SMILES string of the molecule is CS(=O)(=O)O.O=[N+]([O-])c1ccc2c(c1)c1c3n2CCNC3CCC1. The molecule has 0 bridgehead atoms. The van der Waals surface area contributed by atoms with Crippen LogP contribution in [0.2, 0.25) is 0 Å². The van der Waals surface area contributed by atoms with E-state index in [1.807, 2.05) is 6.07 Å². The standard InChI is InChI=1S/C14H15N3O2.CH4O3S/c18-17(19)9-4-5-13-11(8-9)10-2-1-3-12-14(10)16(13)7-6-15-12;1-5(2,3)4/h4-5,8,12,15H,1-3,6-7H2;1H3,(H,2,3,4). The van der Waals surface area contributed by atoms with Crippen molar-refractivity contribution in [1.82, 2.24) is 9.88 Å². The van der Waals surface area contributed by atoms with Gasteiger partial charge in [-0.25, -0.2) is 0 Å². The molecule has 2 aromatic rings. The van der Waals surface area contributed by atoms with E-state index in [1.165, 1.54) is 17.7 Å². The number of nitrogens with zero attached hydrogens (tertiary/aromatic N) is 2. The zero-order valence-corrected chi connectivity index (χ0v) is 14.0. The highest BCUT2D eigenvalue weighted by Crippen LogP contribution is 2.39. The van der Waals surface area contributed by atoms with Gasteiger partial charge < -0.3 is 9.88 Å². The van der Waals surface area contributed by atoms with Crippen molar-refractivity contribution in [1.29, 1.82) is 0 Å². The molecule has 24 heavy (non-hydrogen) atoms. The molecule has 1 aromatic heterocycles. The Kier molecular flexibility index (Phi) is 4.33. The molecular weight excluding hydrogens is 334 g/mol. The number of hydrogen-bond donors (Lipinski definition) is 2. The molecule has 1 unspecified atom stereocenters. The first-order valence-corrected chi connectivity index (χ1v) is 9.56. The molecule has 2 heterocycles. The van der Waals surface area contributed by atoms with Crippen LogP contribution in [0.1, 0.15) is 30.1 Å². The zero-order chi connectivity index (χ0) is 17.5. The maximum absolute atomic E-state index is 11.0. The predicted octanol–water partition coefficient (Wildman–Crippen LogP) is 2.03. The lowest BCUT2D eigenvalue weighted by atomic mass is 9.91. The van der Waals surface area contributed by atoms with Crippen molar-refractivity contribution >= 4 is 26.7 Å². The molecule has 0 saturated heterocycles. The van der Waals surface area contributed by atoms with Crippen LogP contribution in [0.25, 0.3) is 10.9 Å². The number of nitro benzene ring substituents is 1. The van der Waals surface area contributed by atoms with Crippen molar-refractivity contribution < 1.29 is 17.9 Å². The average Bonchev–Trinajstić information content (AvgIpc) is 2.82. The monoisotopic (exact) mass is 353 g/mol. The molecule has 0 saturated carbocycles. The minimum atomic E-state index is -3.67. The van der Waals surface area contributed by atoms with Gasteiger partial charge >= 0.3 is 0 Å². The van der Waals surface area contributed by atoms with E-state index in [2.05, 4.69) is 9.88 Å². The number of nitrogens with one attached hydrogen (secondary N) is 1. The Balaban J connectivity index is 0.000000300. The van der Waals surface area contributed by atoms with E-state index < -0.39 is 10.1 Å². The summed E-state index contributed by atoms with van der Waals surface area (Å²) in [5.74, 6) is 0. The van der Waals surface area contributed by atoms with E-state index in [4.69, 9.17) is 4.55 Å². The van der Waals surface area contributed by atoms with Gasteiger partial charge in [-0.3, -0.25) is 14.7 Å². The highest BCUT2D eigenvalue weighted by molar-refractivity contribution is 7.85. The summed E-state index contributed by atoms with van der Waals surface area (Å²) in [6.45, 7) is 1.94. The van der Waals surface area contributed by atoms with Gasteiger partial charge in [-0.15, -0.1) is 0 Å². The van der Waals surface area contributed by atoms with Gasteiger partial charge in [0.2, 0.25) is 0 Å². The van der Waals surface area contributed by atoms with Crippen molar-refractivity contribution in [2.24, 2.45) is 0 Å². The number of rotatable bonds is 1. The number of nitro groups is 1. The number of hydrogen-bond acceptors (Lipinski definition) is 5.